The van der Waals surface area contributed by atoms with Gasteiger partial charge in [0.25, 0.3) is 0 Å². The summed E-state index contributed by atoms with van der Waals surface area (Å²) in [6.45, 7) is 1.10. The standard InChI is InChI=1S/C12H16BrFN2/c13-10-3-1-4-11(7-10)16-6-2-5-12(15,8-14)9-16/h1,3-4,7H,2,5-6,8-9,15H2. The summed E-state index contributed by atoms with van der Waals surface area (Å²) in [7, 11) is 0. The van der Waals surface area contributed by atoms with Crippen molar-refractivity contribution in [2.24, 2.45) is 5.73 Å². The van der Waals surface area contributed by atoms with Crippen molar-refractivity contribution in [2.45, 2.75) is 18.4 Å². The van der Waals surface area contributed by atoms with Gasteiger partial charge in [-0.05, 0) is 31.0 Å². The van der Waals surface area contributed by atoms with Crippen molar-refractivity contribution in [3.63, 3.8) is 0 Å². The van der Waals surface area contributed by atoms with Crippen LogP contribution in [-0.4, -0.2) is 25.3 Å². The van der Waals surface area contributed by atoms with E-state index in [-0.39, 0.29) is 0 Å². The monoisotopic (exact) mass is 286 g/mol. The molecule has 1 aliphatic rings. The Morgan fingerprint density at radius 2 is 2.31 bits per heavy atom. The molecule has 1 saturated heterocycles. The van der Waals surface area contributed by atoms with E-state index in [9.17, 15) is 4.39 Å². The number of halogens is 2. The second kappa shape index (κ2) is 4.72. The highest BCUT2D eigenvalue weighted by Gasteiger charge is 2.31. The van der Waals surface area contributed by atoms with Gasteiger partial charge in [0, 0.05) is 23.2 Å². The first-order chi connectivity index (χ1) is 7.63. The molecule has 1 aromatic rings. The number of nitrogens with zero attached hydrogens (tertiary/aromatic N) is 1. The number of piperidine rings is 1. The van der Waals surface area contributed by atoms with Crippen LogP contribution in [0, 0.1) is 0 Å². The van der Waals surface area contributed by atoms with Gasteiger partial charge < -0.3 is 10.6 Å². The van der Waals surface area contributed by atoms with Gasteiger partial charge >= 0.3 is 0 Å². The van der Waals surface area contributed by atoms with Gasteiger partial charge in [-0.1, -0.05) is 22.0 Å². The molecule has 1 aliphatic heterocycles. The van der Waals surface area contributed by atoms with Crippen molar-refractivity contribution in [3.05, 3.63) is 28.7 Å². The van der Waals surface area contributed by atoms with E-state index in [0.717, 1.165) is 29.5 Å². The summed E-state index contributed by atoms with van der Waals surface area (Å²) < 4.78 is 13.9. The molecule has 0 spiro atoms. The van der Waals surface area contributed by atoms with Crippen LogP contribution in [0.2, 0.25) is 0 Å². The summed E-state index contributed by atoms with van der Waals surface area (Å²) in [5.74, 6) is 0. The van der Waals surface area contributed by atoms with Gasteiger partial charge in [0.2, 0.25) is 0 Å². The predicted molar refractivity (Wildman–Crippen MR) is 68.5 cm³/mol. The second-order valence-electron chi connectivity index (χ2n) is 4.50. The molecule has 0 saturated carbocycles. The van der Waals surface area contributed by atoms with Crippen LogP contribution in [-0.2, 0) is 0 Å². The van der Waals surface area contributed by atoms with E-state index in [1.165, 1.54) is 0 Å². The van der Waals surface area contributed by atoms with Gasteiger partial charge in [-0.2, -0.15) is 0 Å². The van der Waals surface area contributed by atoms with Crippen molar-refractivity contribution in [3.8, 4) is 0 Å². The molecule has 88 valence electrons. The maximum atomic E-state index is 12.9. The normalized spacial score (nSPS) is 25.8. The highest BCUT2D eigenvalue weighted by molar-refractivity contribution is 9.10. The minimum atomic E-state index is -0.666. The van der Waals surface area contributed by atoms with Crippen LogP contribution in [0.5, 0.6) is 0 Å². The largest absolute Gasteiger partial charge is 0.370 e. The predicted octanol–water partition coefficient (Wildman–Crippen LogP) is 2.72. The smallest absolute Gasteiger partial charge is 0.109 e. The Morgan fingerprint density at radius 3 is 3.00 bits per heavy atom. The van der Waals surface area contributed by atoms with E-state index < -0.39 is 12.2 Å². The van der Waals surface area contributed by atoms with E-state index in [0.29, 0.717) is 6.54 Å². The molecule has 1 unspecified atom stereocenters. The average molecular weight is 287 g/mol. The van der Waals surface area contributed by atoms with E-state index in [1.807, 2.05) is 24.3 Å². The molecule has 16 heavy (non-hydrogen) atoms. The molecule has 1 heterocycles. The number of rotatable bonds is 2. The topological polar surface area (TPSA) is 29.3 Å². The summed E-state index contributed by atoms with van der Waals surface area (Å²) in [4.78, 5) is 2.16. The van der Waals surface area contributed by atoms with Gasteiger partial charge in [0.05, 0.1) is 5.54 Å². The fourth-order valence-electron chi connectivity index (χ4n) is 2.16. The SMILES string of the molecule is NC1(CF)CCCN(c2cccc(Br)c2)C1. The third-order valence-corrected chi connectivity index (χ3v) is 3.54. The number of hydrogen-bond acceptors (Lipinski definition) is 2. The minimum Gasteiger partial charge on any atom is -0.370 e. The molecule has 1 aromatic carbocycles. The molecule has 2 rings (SSSR count). The Kier molecular flexibility index (Phi) is 3.50. The van der Waals surface area contributed by atoms with Crippen LogP contribution < -0.4 is 10.6 Å². The lowest BCUT2D eigenvalue weighted by Crippen LogP contribution is -2.56. The van der Waals surface area contributed by atoms with Crippen molar-refractivity contribution in [1.82, 2.24) is 0 Å². The minimum absolute atomic E-state index is 0.447. The summed E-state index contributed by atoms with van der Waals surface area (Å²) >= 11 is 3.44. The van der Waals surface area contributed by atoms with Gasteiger partial charge in [-0.25, -0.2) is 4.39 Å². The van der Waals surface area contributed by atoms with Crippen LogP contribution >= 0.6 is 15.9 Å². The number of nitrogens with two attached hydrogens (primary N) is 1. The zero-order valence-corrected chi connectivity index (χ0v) is 10.7. The Labute approximate surface area is 104 Å². The fourth-order valence-corrected chi connectivity index (χ4v) is 2.55. The molecule has 0 aliphatic carbocycles. The lowest BCUT2D eigenvalue weighted by Gasteiger charge is -2.39. The molecule has 0 aromatic heterocycles. The molecule has 4 heteroatoms. The molecule has 0 radical (unpaired) electrons. The third-order valence-electron chi connectivity index (χ3n) is 3.05. The lowest BCUT2D eigenvalue weighted by atomic mass is 9.91. The van der Waals surface area contributed by atoms with E-state index in [4.69, 9.17) is 5.73 Å². The quantitative estimate of drug-likeness (QED) is 0.906. The Hall–Kier alpha value is -0.610. The van der Waals surface area contributed by atoms with Crippen LogP contribution in [0.15, 0.2) is 28.7 Å². The fraction of sp³-hybridized carbons (Fsp3) is 0.500. The number of benzene rings is 1. The first-order valence-corrected chi connectivity index (χ1v) is 6.28. The van der Waals surface area contributed by atoms with Crippen molar-refractivity contribution in [1.29, 1.82) is 0 Å². The Balaban J connectivity index is 2.16. The van der Waals surface area contributed by atoms with E-state index in [2.05, 4.69) is 20.8 Å². The zero-order valence-electron chi connectivity index (χ0n) is 9.13. The summed E-state index contributed by atoms with van der Waals surface area (Å²) in [5.41, 5.74) is 6.44. The van der Waals surface area contributed by atoms with Gasteiger partial charge in [-0.15, -0.1) is 0 Å². The molecule has 1 atom stereocenters. The first-order valence-electron chi connectivity index (χ1n) is 5.48. The molecule has 0 bridgehead atoms. The van der Waals surface area contributed by atoms with Crippen molar-refractivity contribution in [2.75, 3.05) is 24.7 Å². The van der Waals surface area contributed by atoms with Gasteiger partial charge in [0.15, 0.2) is 0 Å². The maximum absolute atomic E-state index is 12.9. The number of alkyl halides is 1. The van der Waals surface area contributed by atoms with Crippen LogP contribution in [0.4, 0.5) is 10.1 Å². The second-order valence-corrected chi connectivity index (χ2v) is 5.42. The van der Waals surface area contributed by atoms with Gasteiger partial charge in [-0.3, -0.25) is 0 Å². The molecule has 1 fully saturated rings. The van der Waals surface area contributed by atoms with Crippen molar-refractivity contribution >= 4 is 21.6 Å². The number of hydrogen-bond donors (Lipinski definition) is 1. The molecule has 0 amide bonds. The summed E-state index contributed by atoms with van der Waals surface area (Å²) in [6.07, 6.45) is 1.72. The van der Waals surface area contributed by atoms with Crippen LogP contribution in [0.3, 0.4) is 0 Å². The van der Waals surface area contributed by atoms with Gasteiger partial charge in [0.1, 0.15) is 6.67 Å². The molecular formula is C12H16BrFN2. The highest BCUT2D eigenvalue weighted by atomic mass is 79.9. The average Bonchev–Trinajstić information content (AvgIpc) is 2.29. The zero-order chi connectivity index (χ0) is 11.6. The van der Waals surface area contributed by atoms with E-state index >= 15 is 0 Å². The first kappa shape index (κ1) is 11.9. The van der Waals surface area contributed by atoms with E-state index in [1.54, 1.807) is 0 Å². The molecular weight excluding hydrogens is 271 g/mol. The van der Waals surface area contributed by atoms with Crippen LogP contribution in [0.25, 0.3) is 0 Å². The number of anilines is 1. The highest BCUT2D eigenvalue weighted by Crippen LogP contribution is 2.26. The lowest BCUT2D eigenvalue weighted by molar-refractivity contribution is 0.264. The Bertz CT molecular complexity index is 372. The maximum Gasteiger partial charge on any atom is 0.109 e. The molecule has 2 N–H and O–H groups in total. The van der Waals surface area contributed by atoms with Crippen LogP contribution in [0.1, 0.15) is 12.8 Å². The Morgan fingerprint density at radius 1 is 1.50 bits per heavy atom. The summed E-state index contributed by atoms with van der Waals surface area (Å²) in [6, 6.07) is 8.05. The molecule has 2 nitrogen and oxygen atoms in total. The third kappa shape index (κ3) is 2.55. The van der Waals surface area contributed by atoms with Crippen molar-refractivity contribution < 1.29 is 4.39 Å². The summed E-state index contributed by atoms with van der Waals surface area (Å²) in [5, 5.41) is 0.